The second kappa shape index (κ2) is 4.70. The van der Waals surface area contributed by atoms with E-state index in [-0.39, 0.29) is 5.39 Å². The van der Waals surface area contributed by atoms with Crippen LogP contribution in [0.2, 0.25) is 0 Å². The van der Waals surface area contributed by atoms with Crippen molar-refractivity contribution in [3.8, 4) is 0 Å². The van der Waals surface area contributed by atoms with Crippen LogP contribution in [0, 0.1) is 17.5 Å². The van der Waals surface area contributed by atoms with E-state index in [4.69, 9.17) is 0 Å². The van der Waals surface area contributed by atoms with Gasteiger partial charge in [0.05, 0.1) is 0 Å². The fraction of sp³-hybridized carbons (Fsp3) is 0.308. The number of piperazine rings is 1. The minimum Gasteiger partial charge on any atom is -0.354 e. The van der Waals surface area contributed by atoms with Crippen LogP contribution in [-0.4, -0.2) is 31.2 Å². The molecule has 1 aliphatic heterocycles. The van der Waals surface area contributed by atoms with Crippen molar-refractivity contribution >= 4 is 16.6 Å². The number of anilines is 1. The van der Waals surface area contributed by atoms with Crippen molar-refractivity contribution in [2.45, 2.75) is 0 Å². The molecule has 1 aromatic carbocycles. The van der Waals surface area contributed by atoms with Crippen molar-refractivity contribution < 1.29 is 13.2 Å². The van der Waals surface area contributed by atoms with Crippen LogP contribution in [0.4, 0.5) is 19.0 Å². The molecule has 19 heavy (non-hydrogen) atoms. The van der Waals surface area contributed by atoms with E-state index >= 15 is 0 Å². The highest BCUT2D eigenvalue weighted by Crippen LogP contribution is 2.29. The molecule has 0 saturated carbocycles. The van der Waals surface area contributed by atoms with Crippen molar-refractivity contribution in [3.63, 3.8) is 0 Å². The van der Waals surface area contributed by atoms with Gasteiger partial charge in [-0.25, -0.2) is 18.2 Å². The number of hydrogen-bond donors (Lipinski definition) is 1. The van der Waals surface area contributed by atoms with Gasteiger partial charge in [0.2, 0.25) is 0 Å². The zero-order chi connectivity index (χ0) is 13.4. The van der Waals surface area contributed by atoms with Crippen LogP contribution in [0.1, 0.15) is 0 Å². The van der Waals surface area contributed by atoms with Crippen LogP contribution < -0.4 is 10.2 Å². The Hall–Kier alpha value is -1.82. The Labute approximate surface area is 108 Å². The third-order valence-electron chi connectivity index (χ3n) is 3.30. The molecule has 1 fully saturated rings. The van der Waals surface area contributed by atoms with Gasteiger partial charge in [-0.3, -0.25) is 0 Å². The molecule has 1 saturated heterocycles. The summed E-state index contributed by atoms with van der Waals surface area (Å²) in [5, 5.41) is 3.55. The lowest BCUT2D eigenvalue weighted by Crippen LogP contribution is -2.44. The summed E-state index contributed by atoms with van der Waals surface area (Å²) in [5.41, 5.74) is 0. The Balaban J connectivity index is 2.20. The minimum absolute atomic E-state index is 0.0578. The summed E-state index contributed by atoms with van der Waals surface area (Å²) in [6.07, 6.45) is 1.42. The fourth-order valence-electron chi connectivity index (χ4n) is 2.34. The normalized spacial score (nSPS) is 16.1. The average Bonchev–Trinajstić information content (AvgIpc) is 2.45. The number of fused-ring (bicyclic) bond motifs is 1. The quantitative estimate of drug-likeness (QED) is 0.802. The molecule has 1 N–H and O–H groups in total. The lowest BCUT2D eigenvalue weighted by Gasteiger charge is -2.29. The number of halogens is 3. The van der Waals surface area contributed by atoms with E-state index in [1.165, 1.54) is 12.3 Å². The summed E-state index contributed by atoms with van der Waals surface area (Å²) in [4.78, 5) is 6.12. The maximum Gasteiger partial charge on any atom is 0.195 e. The van der Waals surface area contributed by atoms with Crippen LogP contribution in [0.3, 0.4) is 0 Å². The molecule has 2 heterocycles. The molecule has 0 amide bonds. The first-order chi connectivity index (χ1) is 9.18. The number of nitrogens with one attached hydrogen (secondary N) is 1. The molecule has 3 nitrogen and oxygen atoms in total. The predicted molar refractivity (Wildman–Crippen MR) is 66.7 cm³/mol. The van der Waals surface area contributed by atoms with Crippen LogP contribution in [0.15, 0.2) is 18.3 Å². The lowest BCUT2D eigenvalue weighted by atomic mass is 10.1. The molecule has 0 spiro atoms. The smallest absolute Gasteiger partial charge is 0.195 e. The van der Waals surface area contributed by atoms with E-state index in [0.29, 0.717) is 24.3 Å². The molecular formula is C13H12F3N3. The van der Waals surface area contributed by atoms with Crippen LogP contribution in [0.25, 0.3) is 10.8 Å². The Morgan fingerprint density at radius 1 is 1.05 bits per heavy atom. The first-order valence-electron chi connectivity index (χ1n) is 6.06. The van der Waals surface area contributed by atoms with E-state index in [1.54, 1.807) is 0 Å². The maximum atomic E-state index is 13.7. The predicted octanol–water partition coefficient (Wildman–Crippen LogP) is 2.06. The Bertz CT molecular complexity index is 624. The summed E-state index contributed by atoms with van der Waals surface area (Å²) in [6.45, 7) is 2.97. The first-order valence-corrected chi connectivity index (χ1v) is 6.06. The third-order valence-corrected chi connectivity index (χ3v) is 3.30. The Morgan fingerprint density at radius 2 is 1.79 bits per heavy atom. The summed E-state index contributed by atoms with van der Waals surface area (Å²) in [6, 6.07) is 2.37. The van der Waals surface area contributed by atoms with E-state index in [1.807, 2.05) is 4.90 Å². The van der Waals surface area contributed by atoms with E-state index < -0.39 is 17.5 Å². The lowest BCUT2D eigenvalue weighted by molar-refractivity contribution is 0.453. The van der Waals surface area contributed by atoms with Crippen LogP contribution in [-0.2, 0) is 0 Å². The second-order valence-electron chi connectivity index (χ2n) is 4.45. The molecular weight excluding hydrogens is 255 g/mol. The van der Waals surface area contributed by atoms with Crippen LogP contribution >= 0.6 is 0 Å². The molecule has 0 atom stereocenters. The van der Waals surface area contributed by atoms with Gasteiger partial charge in [-0.15, -0.1) is 0 Å². The van der Waals surface area contributed by atoms with Gasteiger partial charge in [0, 0.05) is 43.1 Å². The van der Waals surface area contributed by atoms with E-state index in [0.717, 1.165) is 19.2 Å². The number of rotatable bonds is 1. The maximum absolute atomic E-state index is 13.7. The van der Waals surface area contributed by atoms with E-state index in [9.17, 15) is 13.2 Å². The molecule has 2 aromatic rings. The van der Waals surface area contributed by atoms with Crippen LogP contribution in [0.5, 0.6) is 0 Å². The van der Waals surface area contributed by atoms with Gasteiger partial charge < -0.3 is 10.2 Å². The van der Waals surface area contributed by atoms with Crippen molar-refractivity contribution in [1.82, 2.24) is 10.3 Å². The largest absolute Gasteiger partial charge is 0.354 e. The molecule has 100 valence electrons. The fourth-order valence-corrected chi connectivity index (χ4v) is 2.34. The zero-order valence-corrected chi connectivity index (χ0v) is 10.1. The SMILES string of the molecule is Fc1cc2c(N3CCNCC3)nccc2c(F)c1F. The first kappa shape index (κ1) is 12.2. The summed E-state index contributed by atoms with van der Waals surface area (Å²) in [7, 11) is 0. The Morgan fingerprint density at radius 3 is 2.53 bits per heavy atom. The van der Waals surface area contributed by atoms with Crippen molar-refractivity contribution in [2.24, 2.45) is 0 Å². The number of benzene rings is 1. The highest BCUT2D eigenvalue weighted by molar-refractivity contribution is 5.92. The number of hydrogen-bond acceptors (Lipinski definition) is 3. The molecule has 1 aromatic heterocycles. The summed E-state index contributed by atoms with van der Waals surface area (Å²) >= 11 is 0. The highest BCUT2D eigenvalue weighted by Gasteiger charge is 2.19. The highest BCUT2D eigenvalue weighted by atomic mass is 19.2. The second-order valence-corrected chi connectivity index (χ2v) is 4.45. The van der Waals surface area contributed by atoms with Crippen molar-refractivity contribution in [3.05, 3.63) is 35.8 Å². The Kier molecular flexibility index (Phi) is 3.02. The van der Waals surface area contributed by atoms with Crippen molar-refractivity contribution in [2.75, 3.05) is 31.1 Å². The van der Waals surface area contributed by atoms with Gasteiger partial charge in [-0.1, -0.05) is 0 Å². The molecule has 0 bridgehead atoms. The van der Waals surface area contributed by atoms with Gasteiger partial charge in [-0.05, 0) is 12.1 Å². The van der Waals surface area contributed by atoms with Gasteiger partial charge >= 0.3 is 0 Å². The molecule has 0 radical (unpaired) electrons. The standard InChI is InChI=1S/C13H12F3N3/c14-10-7-9-8(11(15)12(10)16)1-2-18-13(9)19-5-3-17-4-6-19/h1-2,7,17H,3-6H2. The molecule has 6 heteroatoms. The third kappa shape index (κ3) is 2.02. The minimum atomic E-state index is -1.44. The zero-order valence-electron chi connectivity index (χ0n) is 10.1. The van der Waals surface area contributed by atoms with Gasteiger partial charge in [0.25, 0.3) is 0 Å². The van der Waals surface area contributed by atoms with E-state index in [2.05, 4.69) is 10.3 Å². The number of pyridine rings is 1. The van der Waals surface area contributed by atoms with Gasteiger partial charge in [0.15, 0.2) is 17.5 Å². The summed E-state index contributed by atoms with van der Waals surface area (Å²) < 4.78 is 40.4. The van der Waals surface area contributed by atoms with Gasteiger partial charge in [-0.2, -0.15) is 0 Å². The topological polar surface area (TPSA) is 28.2 Å². The number of nitrogens with zero attached hydrogens (tertiary/aromatic N) is 2. The van der Waals surface area contributed by atoms with Gasteiger partial charge in [0.1, 0.15) is 5.82 Å². The molecule has 0 unspecified atom stereocenters. The molecule has 3 rings (SSSR count). The number of aromatic nitrogens is 1. The molecule has 1 aliphatic rings. The summed E-state index contributed by atoms with van der Waals surface area (Å²) in [5.74, 6) is -3.29. The molecule has 0 aliphatic carbocycles. The van der Waals surface area contributed by atoms with Crippen molar-refractivity contribution in [1.29, 1.82) is 0 Å². The monoisotopic (exact) mass is 267 g/mol. The average molecular weight is 267 g/mol.